The molecule has 144 valence electrons. The minimum absolute atomic E-state index is 0.219. The summed E-state index contributed by atoms with van der Waals surface area (Å²) >= 11 is 5.91. The van der Waals surface area contributed by atoms with Gasteiger partial charge in [0.05, 0.1) is 12.0 Å². The van der Waals surface area contributed by atoms with E-state index < -0.39 is 10.0 Å². The molecule has 0 aliphatic carbocycles. The first kappa shape index (κ1) is 19.7. The molecule has 8 heteroatoms. The molecule has 1 aliphatic rings. The van der Waals surface area contributed by atoms with Crippen LogP contribution in [0.1, 0.15) is 23.2 Å². The molecule has 0 aromatic heterocycles. The Morgan fingerprint density at radius 3 is 2.67 bits per heavy atom. The van der Waals surface area contributed by atoms with E-state index in [1.165, 1.54) is 23.5 Å². The van der Waals surface area contributed by atoms with E-state index >= 15 is 0 Å². The van der Waals surface area contributed by atoms with E-state index in [0.29, 0.717) is 29.3 Å². The fourth-order valence-electron chi connectivity index (χ4n) is 3.16. The van der Waals surface area contributed by atoms with Gasteiger partial charge in [0.15, 0.2) is 0 Å². The van der Waals surface area contributed by atoms with E-state index in [1.807, 2.05) is 0 Å². The van der Waals surface area contributed by atoms with Crippen molar-refractivity contribution in [2.24, 2.45) is 0 Å². The van der Waals surface area contributed by atoms with Gasteiger partial charge in [0.1, 0.15) is 5.75 Å². The molecule has 0 saturated carbocycles. The van der Waals surface area contributed by atoms with Crippen LogP contribution < -0.4 is 10.1 Å². The Bertz CT molecular complexity index is 916. The summed E-state index contributed by atoms with van der Waals surface area (Å²) in [4.78, 5) is 12.5. The minimum atomic E-state index is -3.63. The predicted octanol–water partition coefficient (Wildman–Crippen LogP) is 2.93. The van der Waals surface area contributed by atoms with E-state index in [2.05, 4.69) is 5.32 Å². The zero-order valence-corrected chi connectivity index (χ0v) is 16.5. The van der Waals surface area contributed by atoms with Crippen LogP contribution in [0, 0.1) is 0 Å². The van der Waals surface area contributed by atoms with Crippen LogP contribution in [-0.2, 0) is 10.0 Å². The van der Waals surface area contributed by atoms with Crippen molar-refractivity contribution in [1.29, 1.82) is 0 Å². The number of benzene rings is 2. The summed E-state index contributed by atoms with van der Waals surface area (Å²) in [5.41, 5.74) is 0.449. The van der Waals surface area contributed by atoms with E-state index in [0.717, 1.165) is 6.42 Å². The summed E-state index contributed by atoms with van der Waals surface area (Å²) in [7, 11) is -2.10. The quantitative estimate of drug-likeness (QED) is 0.797. The summed E-state index contributed by atoms with van der Waals surface area (Å²) in [5.74, 6) is 0.326. The number of sulfonamides is 1. The first-order valence-corrected chi connectivity index (χ1v) is 10.4. The average Bonchev–Trinajstić information content (AvgIpc) is 3.15. The molecule has 2 aromatic carbocycles. The van der Waals surface area contributed by atoms with Crippen LogP contribution >= 0.6 is 11.6 Å². The number of methoxy groups -OCH3 is 1. The number of carbonyl (C=O) groups is 1. The summed E-state index contributed by atoms with van der Waals surface area (Å²) in [6, 6.07) is 12.7. The summed E-state index contributed by atoms with van der Waals surface area (Å²) in [6.07, 6.45) is 1.46. The zero-order valence-electron chi connectivity index (χ0n) is 14.9. The van der Waals surface area contributed by atoms with E-state index in [9.17, 15) is 13.2 Å². The minimum Gasteiger partial charge on any atom is -0.497 e. The van der Waals surface area contributed by atoms with Crippen LogP contribution in [0.15, 0.2) is 53.4 Å². The van der Waals surface area contributed by atoms with Crippen molar-refractivity contribution in [2.75, 3.05) is 20.2 Å². The molecule has 1 saturated heterocycles. The molecule has 6 nitrogen and oxygen atoms in total. The lowest BCUT2D eigenvalue weighted by Crippen LogP contribution is -2.43. The highest BCUT2D eigenvalue weighted by molar-refractivity contribution is 7.89. The van der Waals surface area contributed by atoms with Gasteiger partial charge in [-0.15, -0.1) is 0 Å². The molecule has 1 unspecified atom stereocenters. The SMILES string of the molecule is COc1ccc(S(=O)(=O)N2CCCC2CNC(=O)c2cccc(Cl)c2)cc1. The Hall–Kier alpha value is -2.09. The van der Waals surface area contributed by atoms with Crippen LogP contribution in [0.5, 0.6) is 5.75 Å². The highest BCUT2D eigenvalue weighted by Gasteiger charge is 2.35. The molecule has 1 fully saturated rings. The number of amides is 1. The first-order chi connectivity index (χ1) is 12.9. The van der Waals surface area contributed by atoms with Gasteiger partial charge in [-0.25, -0.2) is 8.42 Å². The second-order valence-corrected chi connectivity index (χ2v) is 8.63. The molecule has 1 atom stereocenters. The second-order valence-electron chi connectivity index (χ2n) is 6.31. The standard InChI is InChI=1S/C19H21ClN2O4S/c1-26-17-7-9-18(10-8-17)27(24,25)22-11-3-6-16(22)13-21-19(23)14-4-2-5-15(20)12-14/h2,4-5,7-10,12,16H,3,6,11,13H2,1H3,(H,21,23). The molecule has 0 spiro atoms. The largest absolute Gasteiger partial charge is 0.497 e. The van der Waals surface area contributed by atoms with Gasteiger partial charge in [0.25, 0.3) is 5.91 Å². The van der Waals surface area contributed by atoms with Gasteiger partial charge >= 0.3 is 0 Å². The Kier molecular flexibility index (Phi) is 6.04. The molecule has 0 radical (unpaired) electrons. The second kappa shape index (κ2) is 8.29. The number of rotatable bonds is 6. The molecular weight excluding hydrogens is 388 g/mol. The smallest absolute Gasteiger partial charge is 0.251 e. The van der Waals surface area contributed by atoms with E-state index in [1.54, 1.807) is 36.4 Å². The van der Waals surface area contributed by atoms with Crippen LogP contribution in [0.4, 0.5) is 0 Å². The first-order valence-electron chi connectivity index (χ1n) is 8.61. The molecule has 1 aliphatic heterocycles. The maximum atomic E-state index is 13.0. The number of nitrogens with zero attached hydrogens (tertiary/aromatic N) is 1. The van der Waals surface area contributed by atoms with Crippen molar-refractivity contribution < 1.29 is 17.9 Å². The maximum Gasteiger partial charge on any atom is 0.251 e. The maximum absolute atomic E-state index is 13.0. The number of nitrogens with one attached hydrogen (secondary N) is 1. The van der Waals surface area contributed by atoms with Crippen molar-refractivity contribution in [3.63, 3.8) is 0 Å². The summed E-state index contributed by atoms with van der Waals surface area (Å²) in [5, 5.41) is 3.30. The molecule has 27 heavy (non-hydrogen) atoms. The number of carbonyl (C=O) groups excluding carboxylic acids is 1. The van der Waals surface area contributed by atoms with Gasteiger partial charge < -0.3 is 10.1 Å². The third-order valence-corrected chi connectivity index (χ3v) is 6.78. The third kappa shape index (κ3) is 4.43. The molecule has 1 heterocycles. The normalized spacial score (nSPS) is 17.6. The molecule has 3 rings (SSSR count). The third-order valence-electron chi connectivity index (χ3n) is 4.57. The number of hydrogen-bond donors (Lipinski definition) is 1. The highest BCUT2D eigenvalue weighted by Crippen LogP contribution is 2.27. The zero-order chi connectivity index (χ0) is 19.4. The van der Waals surface area contributed by atoms with E-state index in [4.69, 9.17) is 16.3 Å². The Labute approximate surface area is 164 Å². The van der Waals surface area contributed by atoms with Gasteiger partial charge in [-0.05, 0) is 55.3 Å². The average molecular weight is 409 g/mol. The van der Waals surface area contributed by atoms with Crippen molar-refractivity contribution in [3.8, 4) is 5.75 Å². The van der Waals surface area contributed by atoms with E-state index in [-0.39, 0.29) is 23.4 Å². The van der Waals surface area contributed by atoms with Crippen LogP contribution in [-0.4, -0.2) is 44.9 Å². The van der Waals surface area contributed by atoms with Gasteiger partial charge in [-0.2, -0.15) is 4.31 Å². The Morgan fingerprint density at radius 1 is 1.26 bits per heavy atom. The molecule has 1 amide bonds. The summed E-state index contributed by atoms with van der Waals surface area (Å²) in [6.45, 7) is 0.687. The molecule has 2 aromatic rings. The van der Waals surface area contributed by atoms with Crippen molar-refractivity contribution in [2.45, 2.75) is 23.8 Å². The van der Waals surface area contributed by atoms with Crippen LogP contribution in [0.25, 0.3) is 0 Å². The lowest BCUT2D eigenvalue weighted by Gasteiger charge is -2.24. The van der Waals surface area contributed by atoms with Crippen molar-refractivity contribution in [3.05, 3.63) is 59.1 Å². The molecule has 0 bridgehead atoms. The van der Waals surface area contributed by atoms with Crippen LogP contribution in [0.3, 0.4) is 0 Å². The Balaban J connectivity index is 1.70. The van der Waals surface area contributed by atoms with Gasteiger partial charge in [-0.3, -0.25) is 4.79 Å². The van der Waals surface area contributed by atoms with Crippen molar-refractivity contribution in [1.82, 2.24) is 9.62 Å². The predicted molar refractivity (Wildman–Crippen MR) is 104 cm³/mol. The summed E-state index contributed by atoms with van der Waals surface area (Å²) < 4.78 is 32.5. The van der Waals surface area contributed by atoms with Gasteiger partial charge in [-0.1, -0.05) is 17.7 Å². The number of ether oxygens (including phenoxy) is 1. The highest BCUT2D eigenvalue weighted by atomic mass is 35.5. The lowest BCUT2D eigenvalue weighted by molar-refractivity contribution is 0.0946. The lowest BCUT2D eigenvalue weighted by atomic mass is 10.2. The Morgan fingerprint density at radius 2 is 2.00 bits per heavy atom. The number of hydrogen-bond acceptors (Lipinski definition) is 4. The molecular formula is C19H21ClN2O4S. The van der Waals surface area contributed by atoms with Gasteiger partial charge in [0.2, 0.25) is 10.0 Å². The van der Waals surface area contributed by atoms with Crippen molar-refractivity contribution >= 4 is 27.5 Å². The van der Waals surface area contributed by atoms with Gasteiger partial charge in [0, 0.05) is 29.7 Å². The fourth-order valence-corrected chi connectivity index (χ4v) is 5.04. The fraction of sp³-hybridized carbons (Fsp3) is 0.316. The monoisotopic (exact) mass is 408 g/mol. The molecule has 1 N–H and O–H groups in total. The number of halogens is 1. The topological polar surface area (TPSA) is 75.7 Å². The van der Waals surface area contributed by atoms with Crippen LogP contribution in [0.2, 0.25) is 5.02 Å².